The van der Waals surface area contributed by atoms with Crippen molar-refractivity contribution in [2.45, 2.75) is 12.0 Å². The van der Waals surface area contributed by atoms with E-state index in [1.54, 1.807) is 0 Å². The molecule has 9 aromatic rings. The molecule has 0 saturated heterocycles. The second-order valence-electron chi connectivity index (χ2n) is 15.7. The van der Waals surface area contributed by atoms with Gasteiger partial charge < -0.3 is 10.1 Å². The molecule has 2 aliphatic heterocycles. The number of ether oxygens (including phenoxy) is 1. The van der Waals surface area contributed by atoms with E-state index in [0.717, 1.165) is 73.9 Å². The average molecular weight is 768 g/mol. The van der Waals surface area contributed by atoms with Crippen molar-refractivity contribution in [1.82, 2.24) is 15.3 Å². The predicted molar refractivity (Wildman–Crippen MR) is 242 cm³/mol. The SMILES string of the molecule is C1=Cc2cccc(-c3ccc4c(c3)Oc3cc(-c5ccccc5-c5cc(-c6ccccc6)nc(-c6ccccc6)n5)ccc3C43c4ccccc4-c4ccccc43)c2CN1. The van der Waals surface area contributed by atoms with Gasteiger partial charge in [-0.05, 0) is 86.1 Å². The summed E-state index contributed by atoms with van der Waals surface area (Å²) in [4.78, 5) is 10.3. The molecule has 1 aromatic heterocycles. The van der Waals surface area contributed by atoms with Crippen molar-refractivity contribution >= 4 is 6.08 Å². The molecule has 12 rings (SSSR count). The van der Waals surface area contributed by atoms with Crippen molar-refractivity contribution in [1.29, 1.82) is 0 Å². The van der Waals surface area contributed by atoms with Crippen LogP contribution in [0, 0.1) is 0 Å². The van der Waals surface area contributed by atoms with Gasteiger partial charge in [0.1, 0.15) is 11.5 Å². The molecule has 1 N–H and O–H groups in total. The van der Waals surface area contributed by atoms with Crippen molar-refractivity contribution in [3.63, 3.8) is 0 Å². The van der Waals surface area contributed by atoms with Gasteiger partial charge in [-0.3, -0.25) is 0 Å². The third kappa shape index (κ3) is 5.24. The quantitative estimate of drug-likeness (QED) is 0.189. The zero-order chi connectivity index (χ0) is 39.6. The maximum absolute atomic E-state index is 7.21. The Hall–Kier alpha value is -7.82. The van der Waals surface area contributed by atoms with Crippen LogP contribution in [0.4, 0.5) is 0 Å². The highest BCUT2D eigenvalue weighted by Crippen LogP contribution is 2.62. The van der Waals surface area contributed by atoms with Gasteiger partial charge in [-0.1, -0.05) is 176 Å². The molecule has 0 amide bonds. The Morgan fingerprint density at radius 2 is 0.967 bits per heavy atom. The van der Waals surface area contributed by atoms with E-state index >= 15 is 0 Å². The Kier molecular flexibility index (Phi) is 7.79. The summed E-state index contributed by atoms with van der Waals surface area (Å²) in [5, 5.41) is 3.43. The highest BCUT2D eigenvalue weighted by Gasteiger charge is 2.51. The van der Waals surface area contributed by atoms with Crippen molar-refractivity contribution in [2.24, 2.45) is 0 Å². The minimum Gasteiger partial charge on any atom is -0.457 e. The van der Waals surface area contributed by atoms with Crippen LogP contribution in [-0.4, -0.2) is 9.97 Å². The predicted octanol–water partition coefficient (Wildman–Crippen LogP) is 13.4. The van der Waals surface area contributed by atoms with E-state index in [-0.39, 0.29) is 0 Å². The summed E-state index contributed by atoms with van der Waals surface area (Å²) in [5.74, 6) is 2.40. The molecule has 1 aliphatic carbocycles. The number of fused-ring (bicyclic) bond motifs is 10. The molecule has 0 unspecified atom stereocenters. The minimum absolute atomic E-state index is 0.574. The molecule has 0 fully saturated rings. The summed E-state index contributed by atoms with van der Waals surface area (Å²) in [5.41, 5.74) is 18.5. The van der Waals surface area contributed by atoms with E-state index in [0.29, 0.717) is 5.82 Å². The third-order valence-corrected chi connectivity index (χ3v) is 12.5. The summed E-state index contributed by atoms with van der Waals surface area (Å²) in [6.07, 6.45) is 4.18. The van der Waals surface area contributed by atoms with Crippen LogP contribution in [0.5, 0.6) is 11.5 Å². The van der Waals surface area contributed by atoms with Crippen LogP contribution in [-0.2, 0) is 12.0 Å². The molecule has 0 bridgehead atoms. The number of aromatic nitrogens is 2. The number of rotatable bonds is 5. The van der Waals surface area contributed by atoms with Crippen molar-refractivity contribution < 1.29 is 4.74 Å². The van der Waals surface area contributed by atoms with Crippen LogP contribution < -0.4 is 10.1 Å². The van der Waals surface area contributed by atoms with Gasteiger partial charge in [-0.25, -0.2) is 9.97 Å². The summed E-state index contributed by atoms with van der Waals surface area (Å²) < 4.78 is 7.21. The Labute approximate surface area is 349 Å². The van der Waals surface area contributed by atoms with Gasteiger partial charge >= 0.3 is 0 Å². The molecule has 3 aliphatic rings. The Bertz CT molecular complexity index is 3080. The maximum atomic E-state index is 7.21. The fourth-order valence-electron chi connectivity index (χ4n) is 9.80. The Morgan fingerprint density at radius 3 is 1.65 bits per heavy atom. The molecule has 1 spiro atoms. The molecule has 4 heteroatoms. The van der Waals surface area contributed by atoms with Gasteiger partial charge in [0.2, 0.25) is 0 Å². The van der Waals surface area contributed by atoms with Gasteiger partial charge in [0.05, 0.1) is 16.8 Å². The topological polar surface area (TPSA) is 47.0 Å². The van der Waals surface area contributed by atoms with E-state index in [9.17, 15) is 0 Å². The average Bonchev–Trinajstić information content (AvgIpc) is 3.62. The first kappa shape index (κ1) is 34.2. The number of hydrogen-bond acceptors (Lipinski definition) is 4. The summed E-state index contributed by atoms with van der Waals surface area (Å²) in [6, 6.07) is 69.3. The molecule has 0 radical (unpaired) electrons. The lowest BCUT2D eigenvalue weighted by Crippen LogP contribution is -2.32. The van der Waals surface area contributed by atoms with Crippen LogP contribution in [0.3, 0.4) is 0 Å². The number of benzene rings is 8. The van der Waals surface area contributed by atoms with E-state index in [2.05, 4.69) is 181 Å². The standard InChI is InChI=1S/C56H37N3O/c1-3-14-37(15-4-1)51-34-52(59-55(58-51)38-16-5-2-6-17-38)45-22-8-7-19-41(45)39-26-28-49-53(32-39)60-54-33-40(42-23-13-18-36-30-31-57-35-46(36)42)27-29-50(54)56(49)47-24-11-9-20-43(47)44-21-10-12-25-48(44)56/h1-34,57H,35H2. The Balaban J connectivity index is 1.06. The first-order valence-electron chi connectivity index (χ1n) is 20.5. The first-order valence-corrected chi connectivity index (χ1v) is 20.5. The lowest BCUT2D eigenvalue weighted by atomic mass is 9.65. The zero-order valence-corrected chi connectivity index (χ0v) is 32.6. The molecule has 0 atom stereocenters. The monoisotopic (exact) mass is 767 g/mol. The number of hydrogen-bond donors (Lipinski definition) is 1. The van der Waals surface area contributed by atoms with Crippen LogP contribution in [0.1, 0.15) is 33.4 Å². The van der Waals surface area contributed by atoms with Crippen LogP contribution in [0.25, 0.3) is 73.4 Å². The normalized spacial score (nSPS) is 13.6. The first-order chi connectivity index (χ1) is 29.7. The smallest absolute Gasteiger partial charge is 0.160 e. The van der Waals surface area contributed by atoms with Crippen molar-refractivity contribution in [2.75, 3.05) is 0 Å². The molecular weight excluding hydrogens is 731 g/mol. The molecule has 4 nitrogen and oxygen atoms in total. The van der Waals surface area contributed by atoms with E-state index in [1.165, 1.54) is 38.9 Å². The Morgan fingerprint density at radius 1 is 0.417 bits per heavy atom. The summed E-state index contributed by atoms with van der Waals surface area (Å²) in [7, 11) is 0. The van der Waals surface area contributed by atoms with Gasteiger partial charge in [0.15, 0.2) is 5.82 Å². The lowest BCUT2D eigenvalue weighted by Gasteiger charge is -2.39. The van der Waals surface area contributed by atoms with Crippen molar-refractivity contribution in [3.05, 3.63) is 234 Å². The van der Waals surface area contributed by atoms with E-state index in [1.807, 2.05) is 30.5 Å². The molecule has 60 heavy (non-hydrogen) atoms. The second kappa shape index (κ2) is 13.6. The molecule has 8 aromatic carbocycles. The fraction of sp³-hybridized carbons (Fsp3) is 0.0357. The van der Waals surface area contributed by atoms with Crippen LogP contribution in [0.15, 0.2) is 200 Å². The molecule has 282 valence electrons. The zero-order valence-electron chi connectivity index (χ0n) is 32.6. The van der Waals surface area contributed by atoms with Crippen molar-refractivity contribution in [3.8, 4) is 78.8 Å². The van der Waals surface area contributed by atoms with E-state index < -0.39 is 5.41 Å². The summed E-state index contributed by atoms with van der Waals surface area (Å²) in [6.45, 7) is 0.780. The number of nitrogens with zero attached hydrogens (tertiary/aromatic N) is 2. The minimum atomic E-state index is -0.574. The molecule has 3 heterocycles. The molecular formula is C56H37N3O. The van der Waals surface area contributed by atoms with Crippen LogP contribution >= 0.6 is 0 Å². The van der Waals surface area contributed by atoms with Crippen LogP contribution in [0.2, 0.25) is 0 Å². The fourth-order valence-corrected chi connectivity index (χ4v) is 9.80. The lowest BCUT2D eigenvalue weighted by molar-refractivity contribution is 0.437. The summed E-state index contributed by atoms with van der Waals surface area (Å²) >= 11 is 0. The largest absolute Gasteiger partial charge is 0.457 e. The number of nitrogens with one attached hydrogen (secondary N) is 1. The van der Waals surface area contributed by atoms with E-state index in [4.69, 9.17) is 14.7 Å². The molecule has 0 saturated carbocycles. The van der Waals surface area contributed by atoms with Gasteiger partial charge in [0, 0.05) is 34.4 Å². The highest BCUT2D eigenvalue weighted by molar-refractivity contribution is 5.91. The van der Waals surface area contributed by atoms with Gasteiger partial charge in [-0.2, -0.15) is 0 Å². The third-order valence-electron chi connectivity index (χ3n) is 12.5. The van der Waals surface area contributed by atoms with Gasteiger partial charge in [-0.15, -0.1) is 0 Å². The second-order valence-corrected chi connectivity index (χ2v) is 15.7. The maximum Gasteiger partial charge on any atom is 0.160 e. The highest BCUT2D eigenvalue weighted by atomic mass is 16.5. The van der Waals surface area contributed by atoms with Gasteiger partial charge in [0.25, 0.3) is 0 Å².